The highest BCUT2D eigenvalue weighted by Crippen LogP contribution is 2.26. The fourth-order valence-electron chi connectivity index (χ4n) is 2.15. The van der Waals surface area contributed by atoms with Gasteiger partial charge in [0.1, 0.15) is 5.75 Å². The van der Waals surface area contributed by atoms with Gasteiger partial charge in [0.2, 0.25) is 5.91 Å². The van der Waals surface area contributed by atoms with Crippen molar-refractivity contribution in [2.75, 3.05) is 11.9 Å². The van der Waals surface area contributed by atoms with Crippen molar-refractivity contribution in [1.82, 2.24) is 0 Å². The molecule has 0 bridgehead atoms. The first kappa shape index (κ1) is 14.2. The number of carbonyl (C=O) groups is 1. The number of halogens is 1. The molecule has 1 saturated heterocycles. The molecular formula is C14H18ClNO3. The van der Waals surface area contributed by atoms with Crippen LogP contribution in [-0.4, -0.2) is 23.7 Å². The van der Waals surface area contributed by atoms with Crippen LogP contribution >= 0.6 is 11.6 Å². The monoisotopic (exact) mass is 283 g/mol. The SMILES string of the molecule is O=C(CCC1CCCCO1)Nc1ccc(O)cc1Cl. The number of phenols is 1. The number of rotatable bonds is 4. The molecule has 4 nitrogen and oxygen atoms in total. The third kappa shape index (κ3) is 4.40. The normalized spacial score (nSPS) is 19.1. The molecule has 1 aliphatic rings. The van der Waals surface area contributed by atoms with Gasteiger partial charge in [0.15, 0.2) is 0 Å². The molecule has 0 spiro atoms. The van der Waals surface area contributed by atoms with Crippen LogP contribution in [0.1, 0.15) is 32.1 Å². The molecule has 19 heavy (non-hydrogen) atoms. The number of ether oxygens (including phenoxy) is 1. The molecule has 1 aromatic carbocycles. The van der Waals surface area contributed by atoms with Gasteiger partial charge in [-0.25, -0.2) is 0 Å². The molecule has 2 N–H and O–H groups in total. The van der Waals surface area contributed by atoms with Gasteiger partial charge in [-0.05, 0) is 37.8 Å². The number of amides is 1. The molecule has 1 aromatic rings. The number of hydrogen-bond donors (Lipinski definition) is 2. The summed E-state index contributed by atoms with van der Waals surface area (Å²) in [6.07, 6.45) is 4.69. The third-order valence-electron chi connectivity index (χ3n) is 3.19. The van der Waals surface area contributed by atoms with Gasteiger partial charge in [-0.1, -0.05) is 11.6 Å². The number of nitrogens with one attached hydrogen (secondary N) is 1. The molecule has 2 rings (SSSR count). The van der Waals surface area contributed by atoms with Crippen LogP contribution < -0.4 is 5.32 Å². The Hall–Kier alpha value is -1.26. The average molecular weight is 284 g/mol. The minimum Gasteiger partial charge on any atom is -0.508 e. The summed E-state index contributed by atoms with van der Waals surface area (Å²) in [6.45, 7) is 0.802. The number of aromatic hydroxyl groups is 1. The lowest BCUT2D eigenvalue weighted by Crippen LogP contribution is -2.21. The Labute approximate surface area is 117 Å². The van der Waals surface area contributed by atoms with E-state index in [4.69, 9.17) is 16.3 Å². The lowest BCUT2D eigenvalue weighted by Gasteiger charge is -2.22. The molecule has 0 saturated carbocycles. The van der Waals surface area contributed by atoms with E-state index in [1.165, 1.54) is 18.6 Å². The fourth-order valence-corrected chi connectivity index (χ4v) is 2.37. The zero-order valence-electron chi connectivity index (χ0n) is 10.7. The summed E-state index contributed by atoms with van der Waals surface area (Å²) < 4.78 is 5.58. The van der Waals surface area contributed by atoms with Crippen molar-refractivity contribution >= 4 is 23.2 Å². The molecule has 1 fully saturated rings. The van der Waals surface area contributed by atoms with Crippen molar-refractivity contribution < 1.29 is 14.6 Å². The molecule has 0 radical (unpaired) electrons. The third-order valence-corrected chi connectivity index (χ3v) is 3.51. The second kappa shape index (κ2) is 6.78. The van der Waals surface area contributed by atoms with E-state index in [9.17, 15) is 9.90 Å². The maximum Gasteiger partial charge on any atom is 0.224 e. The topological polar surface area (TPSA) is 58.6 Å². The molecule has 1 heterocycles. The average Bonchev–Trinajstić information content (AvgIpc) is 2.41. The molecule has 104 valence electrons. The van der Waals surface area contributed by atoms with Gasteiger partial charge in [0, 0.05) is 19.1 Å². The molecule has 5 heteroatoms. The van der Waals surface area contributed by atoms with Crippen LogP contribution in [0.2, 0.25) is 5.02 Å². The molecule has 1 aliphatic heterocycles. The Balaban J connectivity index is 1.80. The van der Waals surface area contributed by atoms with Gasteiger partial charge in [-0.15, -0.1) is 0 Å². The summed E-state index contributed by atoms with van der Waals surface area (Å²) in [7, 11) is 0. The van der Waals surface area contributed by atoms with Crippen LogP contribution in [0.25, 0.3) is 0 Å². The second-order valence-electron chi connectivity index (χ2n) is 4.74. The van der Waals surface area contributed by atoms with Crippen LogP contribution in [-0.2, 0) is 9.53 Å². The molecule has 1 atom stereocenters. The summed E-state index contributed by atoms with van der Waals surface area (Å²) in [5.74, 6) is 0.000341. The largest absolute Gasteiger partial charge is 0.508 e. The maximum absolute atomic E-state index is 11.8. The quantitative estimate of drug-likeness (QED) is 0.833. The van der Waals surface area contributed by atoms with Gasteiger partial charge < -0.3 is 15.2 Å². The predicted octanol–water partition coefficient (Wildman–Crippen LogP) is 3.33. The summed E-state index contributed by atoms with van der Waals surface area (Å²) in [5.41, 5.74) is 0.522. The van der Waals surface area contributed by atoms with Crippen LogP contribution in [0.5, 0.6) is 5.75 Å². The zero-order chi connectivity index (χ0) is 13.7. The van der Waals surface area contributed by atoms with Crippen molar-refractivity contribution in [3.63, 3.8) is 0 Å². The Morgan fingerprint density at radius 2 is 2.32 bits per heavy atom. The number of carbonyl (C=O) groups excluding carboxylic acids is 1. The molecule has 1 unspecified atom stereocenters. The standard InChI is InChI=1S/C14H18ClNO3/c15-12-9-10(17)4-6-13(12)16-14(18)7-5-11-3-1-2-8-19-11/h4,6,9,11,17H,1-3,5,7-8H2,(H,16,18). The van der Waals surface area contributed by atoms with Crippen LogP contribution in [0.3, 0.4) is 0 Å². The molecule has 1 amide bonds. The van der Waals surface area contributed by atoms with E-state index >= 15 is 0 Å². The van der Waals surface area contributed by atoms with Crippen molar-refractivity contribution in [1.29, 1.82) is 0 Å². The van der Waals surface area contributed by atoms with Gasteiger partial charge in [0.25, 0.3) is 0 Å². The Morgan fingerprint density at radius 1 is 1.47 bits per heavy atom. The van der Waals surface area contributed by atoms with Crippen molar-refractivity contribution in [3.05, 3.63) is 23.2 Å². The lowest BCUT2D eigenvalue weighted by atomic mass is 10.0. The van der Waals surface area contributed by atoms with Gasteiger partial charge in [-0.2, -0.15) is 0 Å². The van der Waals surface area contributed by atoms with Crippen molar-refractivity contribution in [3.8, 4) is 5.75 Å². The van der Waals surface area contributed by atoms with Gasteiger partial charge >= 0.3 is 0 Å². The van der Waals surface area contributed by atoms with Crippen LogP contribution in [0, 0.1) is 0 Å². The fraction of sp³-hybridized carbons (Fsp3) is 0.500. The highest BCUT2D eigenvalue weighted by molar-refractivity contribution is 6.33. The van der Waals surface area contributed by atoms with E-state index in [1.54, 1.807) is 6.07 Å². The summed E-state index contributed by atoms with van der Waals surface area (Å²) >= 11 is 5.92. The number of benzene rings is 1. The first-order valence-corrected chi connectivity index (χ1v) is 6.93. The van der Waals surface area contributed by atoms with E-state index in [2.05, 4.69) is 5.32 Å². The Kier molecular flexibility index (Phi) is 5.05. The van der Waals surface area contributed by atoms with E-state index < -0.39 is 0 Å². The smallest absolute Gasteiger partial charge is 0.224 e. The summed E-state index contributed by atoms with van der Waals surface area (Å²) in [5, 5.41) is 12.3. The first-order chi connectivity index (χ1) is 9.15. The van der Waals surface area contributed by atoms with Crippen LogP contribution in [0.15, 0.2) is 18.2 Å². The zero-order valence-corrected chi connectivity index (χ0v) is 11.4. The lowest BCUT2D eigenvalue weighted by molar-refractivity contribution is -0.117. The minimum absolute atomic E-state index is 0.0817. The van der Waals surface area contributed by atoms with Crippen LogP contribution in [0.4, 0.5) is 5.69 Å². The maximum atomic E-state index is 11.8. The molecule has 0 aromatic heterocycles. The minimum atomic E-state index is -0.0817. The van der Waals surface area contributed by atoms with Crippen molar-refractivity contribution in [2.45, 2.75) is 38.2 Å². The number of hydrogen-bond acceptors (Lipinski definition) is 3. The Morgan fingerprint density at radius 3 is 3.00 bits per heavy atom. The van der Waals surface area contributed by atoms with E-state index in [0.29, 0.717) is 17.1 Å². The first-order valence-electron chi connectivity index (χ1n) is 6.55. The summed E-state index contributed by atoms with van der Waals surface area (Å²) in [4.78, 5) is 11.8. The molecule has 0 aliphatic carbocycles. The Bertz CT molecular complexity index is 444. The van der Waals surface area contributed by atoms with Gasteiger partial charge in [0.05, 0.1) is 16.8 Å². The molecular weight excluding hydrogens is 266 g/mol. The van der Waals surface area contributed by atoms with E-state index in [1.807, 2.05) is 0 Å². The highest BCUT2D eigenvalue weighted by Gasteiger charge is 2.15. The highest BCUT2D eigenvalue weighted by atomic mass is 35.5. The van der Waals surface area contributed by atoms with E-state index in [-0.39, 0.29) is 17.8 Å². The van der Waals surface area contributed by atoms with E-state index in [0.717, 1.165) is 25.9 Å². The number of phenolic OH excluding ortho intramolecular Hbond substituents is 1. The predicted molar refractivity (Wildman–Crippen MR) is 74.6 cm³/mol. The van der Waals surface area contributed by atoms with Crippen molar-refractivity contribution in [2.24, 2.45) is 0 Å². The second-order valence-corrected chi connectivity index (χ2v) is 5.15. The number of anilines is 1. The van der Waals surface area contributed by atoms with Gasteiger partial charge in [-0.3, -0.25) is 4.79 Å². The summed E-state index contributed by atoms with van der Waals surface area (Å²) in [6, 6.07) is 4.49.